The quantitative estimate of drug-likeness (QED) is 0.407. The van der Waals surface area contributed by atoms with Crippen LogP contribution in [0.2, 0.25) is 0 Å². The minimum absolute atomic E-state index is 0.0450. The molecule has 4 rings (SSSR count). The third kappa shape index (κ3) is 4.55. The van der Waals surface area contributed by atoms with Crippen molar-refractivity contribution in [2.45, 2.75) is 0 Å². The first kappa shape index (κ1) is 20.9. The van der Waals surface area contributed by atoms with Crippen molar-refractivity contribution in [1.82, 2.24) is 9.88 Å². The number of nitrogens with zero attached hydrogens (tertiary/aromatic N) is 3. The number of hydrogen-bond donors (Lipinski definition) is 1. The van der Waals surface area contributed by atoms with Gasteiger partial charge in [-0.3, -0.25) is 9.69 Å². The number of rotatable bonds is 6. The van der Waals surface area contributed by atoms with Gasteiger partial charge in [0.1, 0.15) is 0 Å². The van der Waals surface area contributed by atoms with Crippen LogP contribution in [0, 0.1) is 0 Å². The maximum atomic E-state index is 13.0. The van der Waals surface area contributed by atoms with Crippen LogP contribution in [0.25, 0.3) is 17.3 Å². The van der Waals surface area contributed by atoms with Crippen LogP contribution in [0.3, 0.4) is 0 Å². The number of methoxy groups -OCH3 is 1. The molecule has 1 aromatic heterocycles. The normalized spacial score (nSPS) is 16.3. The first-order valence-electron chi connectivity index (χ1n) is 9.38. The lowest BCUT2D eigenvalue weighted by molar-refractivity contribution is -0.121. The Balaban J connectivity index is 1.64. The van der Waals surface area contributed by atoms with Gasteiger partial charge in [0.2, 0.25) is 5.13 Å². The zero-order chi connectivity index (χ0) is 21.8. The SMILES string of the molecule is C=CCN1C(=O)/C(=C/c2ccc(O)c(OC)c2)S/C1=N/c1nc(-c2ccccc2)cs1. The fraction of sp³-hybridized carbons (Fsp3) is 0.0870. The fourth-order valence-corrected chi connectivity index (χ4v) is 4.70. The minimum atomic E-state index is -0.157. The highest BCUT2D eigenvalue weighted by Crippen LogP contribution is 2.36. The molecular formula is C23H19N3O3S2. The number of phenolic OH excluding ortho intramolecular Hbond substituents is 1. The highest BCUT2D eigenvalue weighted by atomic mass is 32.2. The van der Waals surface area contributed by atoms with E-state index in [1.54, 1.807) is 29.2 Å². The van der Waals surface area contributed by atoms with E-state index in [1.807, 2.05) is 35.7 Å². The molecule has 0 saturated carbocycles. The predicted octanol–water partition coefficient (Wildman–Crippen LogP) is 5.31. The molecule has 1 fully saturated rings. The summed E-state index contributed by atoms with van der Waals surface area (Å²) in [4.78, 5) is 24.3. The second-order valence-corrected chi connectivity index (χ2v) is 8.37. The number of benzene rings is 2. The average Bonchev–Trinajstić information content (AvgIpc) is 3.36. The summed E-state index contributed by atoms with van der Waals surface area (Å²) in [5.74, 6) is 0.233. The molecular weight excluding hydrogens is 430 g/mol. The smallest absolute Gasteiger partial charge is 0.267 e. The topological polar surface area (TPSA) is 75.0 Å². The van der Waals surface area contributed by atoms with Crippen LogP contribution in [0.15, 0.2) is 76.5 Å². The van der Waals surface area contributed by atoms with E-state index in [0.717, 1.165) is 16.8 Å². The third-order valence-electron chi connectivity index (χ3n) is 4.45. The highest BCUT2D eigenvalue weighted by Gasteiger charge is 2.33. The summed E-state index contributed by atoms with van der Waals surface area (Å²) in [6, 6.07) is 14.8. The molecule has 1 amide bonds. The van der Waals surface area contributed by atoms with Crippen molar-refractivity contribution in [3.05, 3.63) is 77.0 Å². The Hall–Kier alpha value is -3.36. The molecule has 0 bridgehead atoms. The van der Waals surface area contributed by atoms with Gasteiger partial charge >= 0.3 is 0 Å². The summed E-state index contributed by atoms with van der Waals surface area (Å²) < 4.78 is 5.15. The van der Waals surface area contributed by atoms with Crippen LogP contribution in [0.4, 0.5) is 5.13 Å². The molecule has 0 aliphatic carbocycles. The van der Waals surface area contributed by atoms with Crippen LogP contribution in [0.1, 0.15) is 5.56 Å². The van der Waals surface area contributed by atoms with Crippen molar-refractivity contribution < 1.29 is 14.6 Å². The number of thiazole rings is 1. The van der Waals surface area contributed by atoms with Crippen molar-refractivity contribution in [3.8, 4) is 22.8 Å². The van der Waals surface area contributed by atoms with Crippen LogP contribution < -0.4 is 4.74 Å². The number of aromatic nitrogens is 1. The highest BCUT2D eigenvalue weighted by molar-refractivity contribution is 8.18. The Morgan fingerprint density at radius 2 is 2.06 bits per heavy atom. The van der Waals surface area contributed by atoms with E-state index in [9.17, 15) is 9.90 Å². The summed E-state index contributed by atoms with van der Waals surface area (Å²) in [6.45, 7) is 4.10. The van der Waals surface area contributed by atoms with E-state index < -0.39 is 0 Å². The number of amides is 1. The van der Waals surface area contributed by atoms with Crippen molar-refractivity contribution >= 4 is 45.4 Å². The molecule has 0 spiro atoms. The van der Waals surface area contributed by atoms with E-state index in [-0.39, 0.29) is 11.7 Å². The number of aliphatic imine (C=N–C) groups is 1. The first-order valence-corrected chi connectivity index (χ1v) is 11.1. The van der Waals surface area contributed by atoms with Gasteiger partial charge in [-0.25, -0.2) is 4.98 Å². The molecule has 1 aliphatic heterocycles. The van der Waals surface area contributed by atoms with Gasteiger partial charge in [0, 0.05) is 17.5 Å². The first-order chi connectivity index (χ1) is 15.1. The lowest BCUT2D eigenvalue weighted by Crippen LogP contribution is -2.29. The van der Waals surface area contributed by atoms with Gasteiger partial charge in [-0.2, -0.15) is 4.99 Å². The number of ether oxygens (including phenoxy) is 1. The maximum absolute atomic E-state index is 13.0. The Morgan fingerprint density at radius 1 is 1.26 bits per heavy atom. The summed E-state index contributed by atoms with van der Waals surface area (Å²) in [6.07, 6.45) is 3.42. The van der Waals surface area contributed by atoms with E-state index in [0.29, 0.717) is 27.5 Å². The molecule has 31 heavy (non-hydrogen) atoms. The second-order valence-electron chi connectivity index (χ2n) is 6.52. The zero-order valence-corrected chi connectivity index (χ0v) is 18.3. The molecule has 1 N–H and O–H groups in total. The third-order valence-corrected chi connectivity index (χ3v) is 6.20. The fourth-order valence-electron chi connectivity index (χ4n) is 2.96. The summed E-state index contributed by atoms with van der Waals surface area (Å²) in [5.41, 5.74) is 2.61. The molecule has 2 heterocycles. The molecule has 3 aromatic rings. The van der Waals surface area contributed by atoms with Crippen LogP contribution in [-0.4, -0.2) is 39.7 Å². The summed E-state index contributed by atoms with van der Waals surface area (Å²) in [5, 5.41) is 12.9. The molecule has 0 atom stereocenters. The van der Waals surface area contributed by atoms with Crippen LogP contribution in [0.5, 0.6) is 11.5 Å². The lowest BCUT2D eigenvalue weighted by Gasteiger charge is -2.11. The van der Waals surface area contributed by atoms with Gasteiger partial charge in [0.25, 0.3) is 5.91 Å². The summed E-state index contributed by atoms with van der Waals surface area (Å²) >= 11 is 2.71. The van der Waals surface area contributed by atoms with Crippen molar-refractivity contribution in [1.29, 1.82) is 0 Å². The molecule has 0 unspecified atom stereocenters. The Kier molecular flexibility index (Phi) is 6.20. The monoisotopic (exact) mass is 449 g/mol. The van der Waals surface area contributed by atoms with Crippen molar-refractivity contribution in [2.24, 2.45) is 4.99 Å². The van der Waals surface area contributed by atoms with Gasteiger partial charge in [-0.15, -0.1) is 17.9 Å². The number of aromatic hydroxyl groups is 1. The van der Waals surface area contributed by atoms with E-state index in [1.165, 1.54) is 36.3 Å². The van der Waals surface area contributed by atoms with Crippen LogP contribution >= 0.6 is 23.1 Å². The molecule has 1 aliphatic rings. The number of thioether (sulfide) groups is 1. The Morgan fingerprint density at radius 3 is 2.81 bits per heavy atom. The molecule has 1 saturated heterocycles. The Labute approximate surface area is 188 Å². The van der Waals surface area contributed by atoms with Crippen LogP contribution in [-0.2, 0) is 4.79 Å². The molecule has 8 heteroatoms. The number of hydrogen-bond acceptors (Lipinski definition) is 7. The van der Waals surface area contributed by atoms with E-state index >= 15 is 0 Å². The lowest BCUT2D eigenvalue weighted by atomic mass is 10.2. The second kappa shape index (κ2) is 9.20. The van der Waals surface area contributed by atoms with Crippen molar-refractivity contribution in [2.75, 3.05) is 13.7 Å². The van der Waals surface area contributed by atoms with Gasteiger partial charge in [0.05, 0.1) is 17.7 Å². The van der Waals surface area contributed by atoms with Gasteiger partial charge in [-0.1, -0.05) is 42.5 Å². The van der Waals surface area contributed by atoms with Gasteiger partial charge in [0.15, 0.2) is 16.7 Å². The summed E-state index contributed by atoms with van der Waals surface area (Å²) in [7, 11) is 1.48. The van der Waals surface area contributed by atoms with E-state index in [4.69, 9.17) is 4.74 Å². The van der Waals surface area contributed by atoms with Gasteiger partial charge in [-0.05, 0) is 35.5 Å². The molecule has 6 nitrogen and oxygen atoms in total. The largest absolute Gasteiger partial charge is 0.504 e. The maximum Gasteiger partial charge on any atom is 0.267 e. The molecule has 156 valence electrons. The number of phenols is 1. The van der Waals surface area contributed by atoms with Gasteiger partial charge < -0.3 is 9.84 Å². The van der Waals surface area contributed by atoms with E-state index in [2.05, 4.69) is 16.6 Å². The minimum Gasteiger partial charge on any atom is -0.504 e. The van der Waals surface area contributed by atoms with Crippen molar-refractivity contribution in [3.63, 3.8) is 0 Å². The molecule has 0 radical (unpaired) electrons. The average molecular weight is 450 g/mol. The molecule has 2 aromatic carbocycles. The number of carbonyl (C=O) groups excluding carboxylic acids is 1. The zero-order valence-electron chi connectivity index (χ0n) is 16.7. The number of amidine groups is 1. The Bertz CT molecular complexity index is 1190. The number of carbonyl (C=O) groups is 1. The standard InChI is InChI=1S/C23H19N3O3S2/c1-3-11-26-21(28)20(13-15-9-10-18(27)19(12-15)29-2)31-23(26)25-22-24-17(14-30-22)16-7-5-4-6-8-16/h3-10,12-14,27H,1,11H2,2H3/b20-13-,25-23+. The predicted molar refractivity (Wildman–Crippen MR) is 127 cm³/mol.